The molecule has 0 aromatic heterocycles. The lowest BCUT2D eigenvalue weighted by atomic mass is 10.1. The zero-order valence-corrected chi connectivity index (χ0v) is 17.0. The van der Waals surface area contributed by atoms with Crippen LogP contribution in [-0.4, -0.2) is 39.2 Å². The van der Waals surface area contributed by atoms with Gasteiger partial charge in [0.25, 0.3) is 0 Å². The highest BCUT2D eigenvalue weighted by Gasteiger charge is 2.16. The molecule has 0 unspecified atom stereocenters. The summed E-state index contributed by atoms with van der Waals surface area (Å²) < 4.78 is 15.9. The molecule has 0 radical (unpaired) electrons. The van der Waals surface area contributed by atoms with E-state index in [1.165, 1.54) is 27.4 Å². The molecule has 1 atom stereocenters. The van der Waals surface area contributed by atoms with Crippen LogP contribution in [0, 0.1) is 0 Å². The van der Waals surface area contributed by atoms with Crippen molar-refractivity contribution in [2.75, 3.05) is 21.3 Å². The molecule has 0 aliphatic rings. The smallest absolute Gasteiger partial charge is 0.244 e. The summed E-state index contributed by atoms with van der Waals surface area (Å²) in [5.41, 5.74) is 1.63. The van der Waals surface area contributed by atoms with Gasteiger partial charge >= 0.3 is 0 Å². The number of methoxy groups -OCH3 is 3. The Hall–Kier alpha value is -3.48. The van der Waals surface area contributed by atoms with Crippen LogP contribution in [0.2, 0.25) is 0 Å². The SMILES string of the molecule is COc1cc(OC)c(OC)cc1CNC(=O)[C@H](C)NC(=O)/C=C/c1ccccc1. The Kier molecular flexibility index (Phi) is 8.09. The normalized spacial score (nSPS) is 11.6. The average molecular weight is 398 g/mol. The Labute approximate surface area is 170 Å². The van der Waals surface area contributed by atoms with E-state index in [9.17, 15) is 9.59 Å². The molecule has 2 N–H and O–H groups in total. The van der Waals surface area contributed by atoms with Crippen molar-refractivity contribution in [1.29, 1.82) is 0 Å². The van der Waals surface area contributed by atoms with E-state index in [-0.39, 0.29) is 18.4 Å². The van der Waals surface area contributed by atoms with Gasteiger partial charge in [-0.25, -0.2) is 0 Å². The van der Waals surface area contributed by atoms with Gasteiger partial charge in [-0.1, -0.05) is 30.3 Å². The third-order valence-corrected chi connectivity index (χ3v) is 4.22. The topological polar surface area (TPSA) is 85.9 Å². The van der Waals surface area contributed by atoms with E-state index < -0.39 is 6.04 Å². The van der Waals surface area contributed by atoms with Crippen molar-refractivity contribution in [3.05, 3.63) is 59.7 Å². The Morgan fingerprint density at radius 3 is 2.21 bits per heavy atom. The van der Waals surface area contributed by atoms with Crippen LogP contribution < -0.4 is 24.8 Å². The summed E-state index contributed by atoms with van der Waals surface area (Å²) in [6.45, 7) is 1.83. The number of hydrogen-bond acceptors (Lipinski definition) is 5. The first-order valence-electron chi connectivity index (χ1n) is 9.08. The first kappa shape index (κ1) is 21.8. The van der Waals surface area contributed by atoms with Gasteiger partial charge in [-0.05, 0) is 24.6 Å². The predicted molar refractivity (Wildman–Crippen MR) is 111 cm³/mol. The van der Waals surface area contributed by atoms with Crippen molar-refractivity contribution >= 4 is 17.9 Å². The third-order valence-electron chi connectivity index (χ3n) is 4.22. The number of ether oxygens (including phenoxy) is 3. The molecular weight excluding hydrogens is 372 g/mol. The molecule has 0 saturated carbocycles. The molecule has 0 bridgehead atoms. The monoisotopic (exact) mass is 398 g/mol. The summed E-state index contributed by atoms with van der Waals surface area (Å²) in [7, 11) is 4.61. The summed E-state index contributed by atoms with van der Waals surface area (Å²) in [5.74, 6) is 0.962. The molecular formula is C22H26N2O5. The van der Waals surface area contributed by atoms with Gasteiger partial charge < -0.3 is 24.8 Å². The van der Waals surface area contributed by atoms with Gasteiger partial charge in [0.05, 0.1) is 21.3 Å². The number of carbonyl (C=O) groups is 2. The Morgan fingerprint density at radius 2 is 1.59 bits per heavy atom. The van der Waals surface area contributed by atoms with Crippen LogP contribution >= 0.6 is 0 Å². The van der Waals surface area contributed by atoms with Crippen LogP contribution in [0.5, 0.6) is 17.2 Å². The van der Waals surface area contributed by atoms with Crippen LogP contribution in [0.4, 0.5) is 0 Å². The van der Waals surface area contributed by atoms with Gasteiger partial charge in [-0.3, -0.25) is 9.59 Å². The van der Waals surface area contributed by atoms with Gasteiger partial charge in [-0.2, -0.15) is 0 Å². The van der Waals surface area contributed by atoms with Gasteiger partial charge in [0.2, 0.25) is 11.8 Å². The molecule has 2 rings (SSSR count). The minimum atomic E-state index is -0.700. The second kappa shape index (κ2) is 10.8. The molecule has 7 heteroatoms. The van der Waals surface area contributed by atoms with E-state index in [0.29, 0.717) is 17.2 Å². The summed E-state index contributed by atoms with van der Waals surface area (Å²) in [5, 5.41) is 5.43. The van der Waals surface area contributed by atoms with Crippen molar-refractivity contribution in [3.63, 3.8) is 0 Å². The molecule has 2 aromatic rings. The molecule has 0 saturated heterocycles. The zero-order chi connectivity index (χ0) is 21.2. The van der Waals surface area contributed by atoms with Gasteiger partial charge in [0.1, 0.15) is 11.8 Å². The Morgan fingerprint density at radius 1 is 0.966 bits per heavy atom. The molecule has 2 aromatic carbocycles. The van der Waals surface area contributed by atoms with E-state index in [4.69, 9.17) is 14.2 Å². The number of amides is 2. The van der Waals surface area contributed by atoms with Crippen LogP contribution in [0.1, 0.15) is 18.1 Å². The highest BCUT2D eigenvalue weighted by molar-refractivity contribution is 5.95. The highest BCUT2D eigenvalue weighted by Crippen LogP contribution is 2.34. The molecule has 0 aliphatic heterocycles. The molecule has 29 heavy (non-hydrogen) atoms. The molecule has 0 fully saturated rings. The first-order valence-corrected chi connectivity index (χ1v) is 9.08. The lowest BCUT2D eigenvalue weighted by Gasteiger charge is -2.16. The van der Waals surface area contributed by atoms with E-state index in [0.717, 1.165) is 11.1 Å². The molecule has 0 aliphatic carbocycles. The number of nitrogens with one attached hydrogen (secondary N) is 2. The lowest BCUT2D eigenvalue weighted by Crippen LogP contribution is -2.44. The van der Waals surface area contributed by atoms with Crippen LogP contribution in [-0.2, 0) is 16.1 Å². The third kappa shape index (κ3) is 6.27. The van der Waals surface area contributed by atoms with Gasteiger partial charge in [0.15, 0.2) is 11.5 Å². The van der Waals surface area contributed by atoms with Crippen LogP contribution in [0.3, 0.4) is 0 Å². The number of benzene rings is 2. The van der Waals surface area contributed by atoms with E-state index in [1.54, 1.807) is 25.1 Å². The van der Waals surface area contributed by atoms with E-state index in [1.807, 2.05) is 30.3 Å². The van der Waals surface area contributed by atoms with Gasteiger partial charge in [0, 0.05) is 24.3 Å². The zero-order valence-electron chi connectivity index (χ0n) is 17.0. The molecule has 0 heterocycles. The second-order valence-corrected chi connectivity index (χ2v) is 6.21. The molecule has 0 spiro atoms. The maximum absolute atomic E-state index is 12.4. The number of hydrogen-bond donors (Lipinski definition) is 2. The van der Waals surface area contributed by atoms with Crippen LogP contribution in [0.15, 0.2) is 48.5 Å². The minimum absolute atomic E-state index is 0.211. The average Bonchev–Trinajstić information content (AvgIpc) is 2.75. The van der Waals surface area contributed by atoms with Crippen molar-refractivity contribution in [1.82, 2.24) is 10.6 Å². The quantitative estimate of drug-likeness (QED) is 0.634. The highest BCUT2D eigenvalue weighted by atomic mass is 16.5. The summed E-state index contributed by atoms with van der Waals surface area (Å²) in [6.07, 6.45) is 3.09. The van der Waals surface area contributed by atoms with Crippen molar-refractivity contribution in [2.45, 2.75) is 19.5 Å². The number of carbonyl (C=O) groups excluding carboxylic acids is 2. The summed E-state index contributed by atoms with van der Waals surface area (Å²) in [6, 6.07) is 12.2. The first-order chi connectivity index (χ1) is 14.0. The van der Waals surface area contributed by atoms with E-state index in [2.05, 4.69) is 10.6 Å². The Balaban J connectivity index is 1.94. The Bertz CT molecular complexity index is 865. The molecule has 2 amide bonds. The molecule has 154 valence electrons. The summed E-state index contributed by atoms with van der Waals surface area (Å²) >= 11 is 0. The van der Waals surface area contributed by atoms with Crippen molar-refractivity contribution in [3.8, 4) is 17.2 Å². The lowest BCUT2D eigenvalue weighted by molar-refractivity contribution is -0.126. The largest absolute Gasteiger partial charge is 0.496 e. The molecule has 7 nitrogen and oxygen atoms in total. The second-order valence-electron chi connectivity index (χ2n) is 6.21. The maximum atomic E-state index is 12.4. The predicted octanol–water partition coefficient (Wildman–Crippen LogP) is 2.55. The maximum Gasteiger partial charge on any atom is 0.244 e. The van der Waals surface area contributed by atoms with E-state index >= 15 is 0 Å². The minimum Gasteiger partial charge on any atom is -0.496 e. The number of rotatable bonds is 9. The van der Waals surface area contributed by atoms with Gasteiger partial charge in [-0.15, -0.1) is 0 Å². The fraction of sp³-hybridized carbons (Fsp3) is 0.273. The fourth-order valence-electron chi connectivity index (χ4n) is 2.63. The standard InChI is InChI=1S/C22H26N2O5/c1-15(24-21(25)11-10-16-8-6-5-7-9-16)22(26)23-14-17-12-19(28-3)20(29-4)13-18(17)27-2/h5-13,15H,14H2,1-4H3,(H,23,26)(H,24,25)/b11-10+/t15-/m0/s1. The fourth-order valence-corrected chi connectivity index (χ4v) is 2.63. The summed E-state index contributed by atoms with van der Waals surface area (Å²) in [4.78, 5) is 24.4. The van der Waals surface area contributed by atoms with Crippen molar-refractivity contribution in [2.24, 2.45) is 0 Å². The van der Waals surface area contributed by atoms with Crippen LogP contribution in [0.25, 0.3) is 6.08 Å². The van der Waals surface area contributed by atoms with Crippen molar-refractivity contribution < 1.29 is 23.8 Å².